The van der Waals surface area contributed by atoms with Crippen molar-refractivity contribution in [1.82, 2.24) is 19.9 Å². The van der Waals surface area contributed by atoms with Crippen LogP contribution in [0.25, 0.3) is 0 Å². The average Bonchev–Trinajstić information content (AvgIpc) is 2.84. The standard InChI is InChI=1S/C16H28N4O2S/c1-17-23(21,22)13-5-12-20(14-15-6-2-3-10-19-15)16-7-4-9-18-11-8-16/h2-3,6,10,16-18H,4-5,7-9,11-14H2,1H3. The number of rotatable bonds is 8. The van der Waals surface area contributed by atoms with Crippen molar-refractivity contribution in [1.29, 1.82) is 0 Å². The summed E-state index contributed by atoms with van der Waals surface area (Å²) in [7, 11) is -1.66. The van der Waals surface area contributed by atoms with Crippen molar-refractivity contribution in [3.8, 4) is 0 Å². The molecule has 1 atom stereocenters. The monoisotopic (exact) mass is 340 g/mol. The van der Waals surface area contributed by atoms with Gasteiger partial charge in [-0.1, -0.05) is 6.07 Å². The summed E-state index contributed by atoms with van der Waals surface area (Å²) in [5.74, 6) is 0.174. The minimum atomic E-state index is -3.13. The van der Waals surface area contributed by atoms with Gasteiger partial charge in [0.25, 0.3) is 0 Å². The fraction of sp³-hybridized carbons (Fsp3) is 0.688. The zero-order valence-electron chi connectivity index (χ0n) is 13.9. The van der Waals surface area contributed by atoms with Crippen LogP contribution in [0.5, 0.6) is 0 Å². The molecule has 1 fully saturated rings. The first-order valence-electron chi connectivity index (χ1n) is 8.36. The zero-order valence-corrected chi connectivity index (χ0v) is 14.7. The quantitative estimate of drug-likeness (QED) is 0.737. The highest BCUT2D eigenvalue weighted by Crippen LogP contribution is 2.16. The first-order valence-corrected chi connectivity index (χ1v) is 10.0. The van der Waals surface area contributed by atoms with Gasteiger partial charge in [0.15, 0.2) is 0 Å². The molecular formula is C16H28N4O2S. The van der Waals surface area contributed by atoms with Crippen LogP contribution < -0.4 is 10.0 Å². The molecule has 1 aromatic heterocycles. The molecule has 23 heavy (non-hydrogen) atoms. The molecule has 0 radical (unpaired) electrons. The third-order valence-electron chi connectivity index (χ3n) is 4.32. The van der Waals surface area contributed by atoms with Gasteiger partial charge in [-0.15, -0.1) is 0 Å². The molecule has 130 valence electrons. The molecule has 1 unspecified atom stereocenters. The highest BCUT2D eigenvalue weighted by Gasteiger charge is 2.21. The summed E-state index contributed by atoms with van der Waals surface area (Å²) in [5.41, 5.74) is 1.04. The van der Waals surface area contributed by atoms with E-state index in [1.807, 2.05) is 24.4 Å². The normalized spacial score (nSPS) is 19.7. The highest BCUT2D eigenvalue weighted by molar-refractivity contribution is 7.89. The third-order valence-corrected chi connectivity index (χ3v) is 5.77. The minimum absolute atomic E-state index is 0.174. The fourth-order valence-electron chi connectivity index (χ4n) is 3.02. The molecule has 2 N–H and O–H groups in total. The molecule has 7 heteroatoms. The number of sulfonamides is 1. The largest absolute Gasteiger partial charge is 0.317 e. The van der Waals surface area contributed by atoms with Crippen molar-refractivity contribution in [2.24, 2.45) is 0 Å². The van der Waals surface area contributed by atoms with Crippen LogP contribution >= 0.6 is 0 Å². The summed E-state index contributed by atoms with van der Waals surface area (Å²) in [6, 6.07) is 6.44. The van der Waals surface area contributed by atoms with Crippen LogP contribution in [-0.2, 0) is 16.6 Å². The van der Waals surface area contributed by atoms with Crippen LogP contribution in [0.4, 0.5) is 0 Å². The van der Waals surface area contributed by atoms with E-state index in [0.29, 0.717) is 12.5 Å². The van der Waals surface area contributed by atoms with Gasteiger partial charge in [0.1, 0.15) is 0 Å². The van der Waals surface area contributed by atoms with Crippen LogP contribution in [-0.4, -0.2) is 56.8 Å². The van der Waals surface area contributed by atoms with Gasteiger partial charge in [0.05, 0.1) is 11.4 Å². The second-order valence-electron chi connectivity index (χ2n) is 6.00. The molecule has 0 aromatic carbocycles. The van der Waals surface area contributed by atoms with Gasteiger partial charge in [-0.2, -0.15) is 0 Å². The van der Waals surface area contributed by atoms with Crippen molar-refractivity contribution < 1.29 is 8.42 Å². The van der Waals surface area contributed by atoms with Crippen molar-refractivity contribution >= 4 is 10.0 Å². The molecule has 1 aromatic rings. The van der Waals surface area contributed by atoms with E-state index < -0.39 is 10.0 Å². The molecule has 0 saturated carbocycles. The Morgan fingerprint density at radius 1 is 1.35 bits per heavy atom. The number of aromatic nitrogens is 1. The molecule has 2 rings (SSSR count). The second kappa shape index (κ2) is 9.32. The van der Waals surface area contributed by atoms with E-state index in [-0.39, 0.29) is 5.75 Å². The summed E-state index contributed by atoms with van der Waals surface area (Å²) >= 11 is 0. The van der Waals surface area contributed by atoms with Gasteiger partial charge in [-0.05, 0) is 64.5 Å². The van der Waals surface area contributed by atoms with Gasteiger partial charge >= 0.3 is 0 Å². The van der Waals surface area contributed by atoms with Crippen LogP contribution in [0.2, 0.25) is 0 Å². The summed E-state index contributed by atoms with van der Waals surface area (Å²) in [5, 5.41) is 3.44. The van der Waals surface area contributed by atoms with E-state index in [2.05, 4.69) is 19.9 Å². The molecule has 1 aliphatic rings. The zero-order chi connectivity index (χ0) is 16.5. The Kier molecular flexibility index (Phi) is 7.42. The molecule has 2 heterocycles. The smallest absolute Gasteiger partial charge is 0.211 e. The lowest BCUT2D eigenvalue weighted by atomic mass is 10.1. The van der Waals surface area contributed by atoms with E-state index in [9.17, 15) is 8.42 Å². The number of nitrogens with one attached hydrogen (secondary N) is 2. The maximum absolute atomic E-state index is 11.6. The molecule has 6 nitrogen and oxygen atoms in total. The van der Waals surface area contributed by atoms with Crippen molar-refractivity contribution in [2.75, 3.05) is 32.4 Å². The SMILES string of the molecule is CNS(=O)(=O)CCCN(Cc1ccccn1)C1CCCNCC1. The maximum atomic E-state index is 11.6. The van der Waals surface area contributed by atoms with Crippen LogP contribution in [0, 0.1) is 0 Å². The van der Waals surface area contributed by atoms with Crippen molar-refractivity contribution in [3.63, 3.8) is 0 Å². The predicted octanol–water partition coefficient (Wildman–Crippen LogP) is 0.965. The van der Waals surface area contributed by atoms with E-state index in [0.717, 1.165) is 51.1 Å². The lowest BCUT2D eigenvalue weighted by molar-refractivity contribution is 0.171. The van der Waals surface area contributed by atoms with Crippen LogP contribution in [0.15, 0.2) is 24.4 Å². The minimum Gasteiger partial charge on any atom is -0.317 e. The van der Waals surface area contributed by atoms with E-state index in [1.165, 1.54) is 7.05 Å². The van der Waals surface area contributed by atoms with Gasteiger partial charge in [-0.25, -0.2) is 13.1 Å². The lowest BCUT2D eigenvalue weighted by Gasteiger charge is -2.30. The molecule has 0 bridgehead atoms. The molecule has 0 amide bonds. The van der Waals surface area contributed by atoms with Gasteiger partial charge < -0.3 is 5.32 Å². The van der Waals surface area contributed by atoms with Gasteiger partial charge in [-0.3, -0.25) is 9.88 Å². The molecule has 0 spiro atoms. The second-order valence-corrected chi connectivity index (χ2v) is 8.05. The Morgan fingerprint density at radius 3 is 2.96 bits per heavy atom. The Labute approximate surface area is 139 Å². The summed E-state index contributed by atoms with van der Waals surface area (Å²) in [6.45, 7) is 3.66. The van der Waals surface area contributed by atoms with E-state index in [4.69, 9.17) is 0 Å². The van der Waals surface area contributed by atoms with E-state index >= 15 is 0 Å². The summed E-state index contributed by atoms with van der Waals surface area (Å²) < 4.78 is 25.6. The topological polar surface area (TPSA) is 74.3 Å². The van der Waals surface area contributed by atoms with Crippen molar-refractivity contribution in [2.45, 2.75) is 38.3 Å². The number of nitrogens with zero attached hydrogens (tertiary/aromatic N) is 2. The van der Waals surface area contributed by atoms with Crippen LogP contribution in [0.1, 0.15) is 31.4 Å². The Morgan fingerprint density at radius 2 is 2.22 bits per heavy atom. The third kappa shape index (κ3) is 6.55. The first kappa shape index (κ1) is 18.3. The first-order chi connectivity index (χ1) is 11.1. The highest BCUT2D eigenvalue weighted by atomic mass is 32.2. The van der Waals surface area contributed by atoms with E-state index in [1.54, 1.807) is 0 Å². The maximum Gasteiger partial charge on any atom is 0.211 e. The molecule has 0 aliphatic carbocycles. The Hall–Kier alpha value is -1.02. The fourth-order valence-corrected chi connectivity index (χ4v) is 3.73. The Bertz CT molecular complexity index is 542. The van der Waals surface area contributed by atoms with Gasteiger partial charge in [0, 0.05) is 18.8 Å². The number of pyridine rings is 1. The summed E-state index contributed by atoms with van der Waals surface area (Å²) in [6.07, 6.45) is 5.87. The molecule has 1 aliphatic heterocycles. The molecular weight excluding hydrogens is 312 g/mol. The summed E-state index contributed by atoms with van der Waals surface area (Å²) in [4.78, 5) is 6.83. The van der Waals surface area contributed by atoms with Crippen molar-refractivity contribution in [3.05, 3.63) is 30.1 Å². The predicted molar refractivity (Wildman–Crippen MR) is 92.6 cm³/mol. The lowest BCUT2D eigenvalue weighted by Crippen LogP contribution is -2.37. The number of hydrogen-bond acceptors (Lipinski definition) is 5. The average molecular weight is 340 g/mol. The molecule has 1 saturated heterocycles. The number of hydrogen-bond donors (Lipinski definition) is 2. The van der Waals surface area contributed by atoms with Gasteiger partial charge in [0.2, 0.25) is 10.0 Å². The van der Waals surface area contributed by atoms with Crippen LogP contribution in [0.3, 0.4) is 0 Å². The Balaban J connectivity index is 1.98.